The van der Waals surface area contributed by atoms with Gasteiger partial charge in [0.15, 0.2) is 6.29 Å². The van der Waals surface area contributed by atoms with Crippen molar-refractivity contribution in [3.05, 3.63) is 112 Å². The molecule has 1 heterocycles. The van der Waals surface area contributed by atoms with Gasteiger partial charge in [-0.2, -0.15) is 0 Å². The van der Waals surface area contributed by atoms with Gasteiger partial charge in [-0.1, -0.05) is 54.1 Å². The standard InChI is InChI=1S/C20H11NO5.C9H13N/c22-10-11-6-7-13-17-14(8-9-15(16(11)17)20(25)26)19(24)21(18(13)23)12-4-2-1-3-5-12;1-8-3-2-4-9(7-8)5-6-10/h1-10H,(H,25,26);2-4,7H,5-6,10H2,1H3. The highest BCUT2D eigenvalue weighted by Crippen LogP contribution is 2.35. The minimum Gasteiger partial charge on any atom is -0.478 e. The third-order valence-corrected chi connectivity index (χ3v) is 5.95. The van der Waals surface area contributed by atoms with Crippen molar-refractivity contribution in [2.75, 3.05) is 11.4 Å². The van der Waals surface area contributed by atoms with Crippen LogP contribution in [-0.2, 0) is 6.42 Å². The molecule has 7 heteroatoms. The average molecular weight is 481 g/mol. The summed E-state index contributed by atoms with van der Waals surface area (Å²) in [4.78, 5) is 49.9. The first kappa shape index (κ1) is 24.5. The van der Waals surface area contributed by atoms with E-state index < -0.39 is 17.8 Å². The van der Waals surface area contributed by atoms with Crippen molar-refractivity contribution in [2.45, 2.75) is 13.3 Å². The number of imide groups is 1. The molecule has 1 aliphatic rings. The van der Waals surface area contributed by atoms with Crippen molar-refractivity contribution in [1.29, 1.82) is 0 Å². The summed E-state index contributed by atoms with van der Waals surface area (Å²) in [5.41, 5.74) is 8.85. The highest BCUT2D eigenvalue weighted by molar-refractivity contribution is 6.37. The third-order valence-electron chi connectivity index (χ3n) is 5.95. The fourth-order valence-corrected chi connectivity index (χ4v) is 4.33. The lowest BCUT2D eigenvalue weighted by atomic mass is 9.88. The number of carboxylic acid groups (broad SMARTS) is 1. The van der Waals surface area contributed by atoms with E-state index in [1.165, 1.54) is 35.4 Å². The zero-order valence-corrected chi connectivity index (χ0v) is 19.6. The Bertz CT molecular complexity index is 1470. The molecule has 5 rings (SSSR count). The molecule has 36 heavy (non-hydrogen) atoms. The number of rotatable bonds is 5. The monoisotopic (exact) mass is 480 g/mol. The predicted octanol–water partition coefficient (Wildman–Crippen LogP) is 4.65. The van der Waals surface area contributed by atoms with E-state index in [1.54, 1.807) is 30.3 Å². The van der Waals surface area contributed by atoms with Crippen molar-refractivity contribution >= 4 is 40.5 Å². The molecule has 180 valence electrons. The number of hydrogen-bond acceptors (Lipinski definition) is 5. The molecule has 0 saturated heterocycles. The van der Waals surface area contributed by atoms with Crippen LogP contribution in [-0.4, -0.2) is 35.7 Å². The molecule has 0 aromatic heterocycles. The Morgan fingerprint density at radius 2 is 1.56 bits per heavy atom. The fourth-order valence-electron chi connectivity index (χ4n) is 4.33. The molecular weight excluding hydrogens is 456 g/mol. The number of benzene rings is 4. The normalized spacial score (nSPS) is 12.2. The number of carboxylic acids is 1. The molecule has 3 N–H and O–H groups in total. The van der Waals surface area contributed by atoms with Gasteiger partial charge in [0, 0.05) is 27.5 Å². The second-order valence-electron chi connectivity index (χ2n) is 8.35. The fraction of sp³-hybridized carbons (Fsp3) is 0.103. The summed E-state index contributed by atoms with van der Waals surface area (Å²) in [6.07, 6.45) is 1.51. The first-order valence-corrected chi connectivity index (χ1v) is 11.3. The number of nitrogens with two attached hydrogens (primary N) is 1. The van der Waals surface area contributed by atoms with E-state index in [4.69, 9.17) is 5.73 Å². The number of anilines is 1. The lowest BCUT2D eigenvalue weighted by molar-refractivity contribution is 0.0697. The van der Waals surface area contributed by atoms with E-state index in [0.717, 1.165) is 17.9 Å². The Hall–Kier alpha value is -4.62. The molecule has 0 saturated carbocycles. The molecule has 0 aliphatic carbocycles. The zero-order valence-electron chi connectivity index (χ0n) is 19.6. The maximum atomic E-state index is 13.0. The van der Waals surface area contributed by atoms with E-state index in [0.29, 0.717) is 12.0 Å². The van der Waals surface area contributed by atoms with Crippen LogP contribution >= 0.6 is 0 Å². The highest BCUT2D eigenvalue weighted by Gasteiger charge is 2.35. The lowest BCUT2D eigenvalue weighted by Gasteiger charge is -2.28. The molecule has 0 fully saturated rings. The quantitative estimate of drug-likeness (QED) is 0.317. The lowest BCUT2D eigenvalue weighted by Crippen LogP contribution is -2.40. The number of amides is 2. The van der Waals surface area contributed by atoms with Gasteiger partial charge in [-0.15, -0.1) is 0 Å². The number of carbonyl (C=O) groups excluding carboxylic acids is 3. The number of aromatic carboxylic acids is 1. The topological polar surface area (TPSA) is 118 Å². The van der Waals surface area contributed by atoms with Gasteiger partial charge >= 0.3 is 5.97 Å². The van der Waals surface area contributed by atoms with Crippen LogP contribution in [0.4, 0.5) is 5.69 Å². The Morgan fingerprint density at radius 1 is 0.889 bits per heavy atom. The van der Waals surface area contributed by atoms with Crippen LogP contribution < -0.4 is 10.6 Å². The molecule has 1 aliphatic heterocycles. The summed E-state index contributed by atoms with van der Waals surface area (Å²) in [7, 11) is 0. The van der Waals surface area contributed by atoms with Crippen molar-refractivity contribution in [3.8, 4) is 0 Å². The van der Waals surface area contributed by atoms with Gasteiger partial charge in [0.25, 0.3) is 11.8 Å². The molecule has 7 nitrogen and oxygen atoms in total. The Balaban J connectivity index is 0.000000256. The highest BCUT2D eigenvalue weighted by atomic mass is 16.4. The second kappa shape index (κ2) is 10.3. The van der Waals surface area contributed by atoms with Crippen LogP contribution in [0.1, 0.15) is 52.6 Å². The van der Waals surface area contributed by atoms with E-state index in [-0.39, 0.29) is 33.0 Å². The van der Waals surface area contributed by atoms with Crippen LogP contribution in [0.15, 0.2) is 78.9 Å². The van der Waals surface area contributed by atoms with Gasteiger partial charge in [0.05, 0.1) is 11.3 Å². The van der Waals surface area contributed by atoms with Gasteiger partial charge < -0.3 is 10.8 Å². The minimum atomic E-state index is -1.23. The first-order valence-electron chi connectivity index (χ1n) is 11.3. The number of para-hydroxylation sites is 1. The second-order valence-corrected chi connectivity index (χ2v) is 8.35. The molecule has 0 spiro atoms. The summed E-state index contributed by atoms with van der Waals surface area (Å²) in [5, 5.41) is 9.75. The summed E-state index contributed by atoms with van der Waals surface area (Å²) in [6.45, 7) is 2.84. The molecule has 0 bridgehead atoms. The zero-order chi connectivity index (χ0) is 25.8. The molecular formula is C29H24N2O5. The van der Waals surface area contributed by atoms with E-state index in [1.807, 2.05) is 0 Å². The first-order chi connectivity index (χ1) is 17.4. The summed E-state index contributed by atoms with van der Waals surface area (Å²) >= 11 is 0. The Labute approximate surface area is 207 Å². The van der Waals surface area contributed by atoms with Gasteiger partial charge in [0.1, 0.15) is 0 Å². The van der Waals surface area contributed by atoms with Crippen molar-refractivity contribution < 1.29 is 24.3 Å². The maximum absolute atomic E-state index is 13.0. The van der Waals surface area contributed by atoms with E-state index in [9.17, 15) is 24.3 Å². The van der Waals surface area contributed by atoms with Gasteiger partial charge in [-0.25, -0.2) is 9.69 Å². The van der Waals surface area contributed by atoms with E-state index >= 15 is 0 Å². The van der Waals surface area contributed by atoms with Crippen LogP contribution in [0.5, 0.6) is 0 Å². The number of carbonyl (C=O) groups is 4. The van der Waals surface area contributed by atoms with Crippen LogP contribution in [0.25, 0.3) is 10.8 Å². The average Bonchev–Trinajstić information content (AvgIpc) is 2.88. The van der Waals surface area contributed by atoms with Gasteiger partial charge in [0.2, 0.25) is 0 Å². The largest absolute Gasteiger partial charge is 0.478 e. The maximum Gasteiger partial charge on any atom is 0.336 e. The number of aryl methyl sites for hydroxylation is 1. The van der Waals surface area contributed by atoms with Crippen molar-refractivity contribution in [3.63, 3.8) is 0 Å². The number of nitrogens with zero attached hydrogens (tertiary/aromatic N) is 1. The molecule has 4 aromatic carbocycles. The van der Waals surface area contributed by atoms with Crippen molar-refractivity contribution in [2.24, 2.45) is 5.73 Å². The number of hydrogen-bond donors (Lipinski definition) is 2. The summed E-state index contributed by atoms with van der Waals surface area (Å²) in [6, 6.07) is 22.5. The Morgan fingerprint density at radius 3 is 2.14 bits per heavy atom. The summed E-state index contributed by atoms with van der Waals surface area (Å²) < 4.78 is 0. The molecule has 2 amide bonds. The third kappa shape index (κ3) is 4.52. The van der Waals surface area contributed by atoms with Crippen LogP contribution in [0.3, 0.4) is 0 Å². The van der Waals surface area contributed by atoms with Gasteiger partial charge in [-0.3, -0.25) is 14.4 Å². The number of aldehydes is 1. The van der Waals surface area contributed by atoms with Crippen LogP contribution in [0, 0.1) is 6.92 Å². The minimum absolute atomic E-state index is 0.108. The van der Waals surface area contributed by atoms with E-state index in [2.05, 4.69) is 31.2 Å². The Kier molecular flexibility index (Phi) is 7.03. The molecule has 4 aromatic rings. The molecule has 0 unspecified atom stereocenters. The SMILES string of the molecule is Cc1cccc(CCN)c1.O=Cc1ccc2c3c(ccc(C(=O)O)c13)C(=O)N(c1ccccc1)C2=O. The summed E-state index contributed by atoms with van der Waals surface area (Å²) in [5.74, 6) is -2.35. The van der Waals surface area contributed by atoms with Gasteiger partial charge in [-0.05, 0) is 55.8 Å². The molecule has 0 atom stereocenters. The predicted molar refractivity (Wildman–Crippen MR) is 138 cm³/mol. The smallest absolute Gasteiger partial charge is 0.336 e. The van der Waals surface area contributed by atoms with Crippen LogP contribution in [0.2, 0.25) is 0 Å². The van der Waals surface area contributed by atoms with Crippen molar-refractivity contribution in [1.82, 2.24) is 0 Å². The molecule has 0 radical (unpaired) electrons.